The molecule has 7 nitrogen and oxygen atoms in total. The van der Waals surface area contributed by atoms with Crippen LogP contribution >= 0.6 is 0 Å². The smallest absolute Gasteiger partial charge is 0.263 e. The van der Waals surface area contributed by atoms with Gasteiger partial charge in [0.2, 0.25) is 0 Å². The van der Waals surface area contributed by atoms with Crippen LogP contribution in [0, 0.1) is 5.92 Å². The van der Waals surface area contributed by atoms with E-state index in [-0.39, 0.29) is 11.8 Å². The van der Waals surface area contributed by atoms with Crippen LogP contribution in [0.4, 0.5) is 0 Å². The van der Waals surface area contributed by atoms with E-state index in [1.165, 1.54) is 31.2 Å². The molecule has 1 aromatic rings. The molecule has 1 aromatic carbocycles. The Morgan fingerprint density at radius 1 is 1.08 bits per heavy atom. The van der Waals surface area contributed by atoms with Crippen molar-refractivity contribution in [1.82, 2.24) is 20.2 Å². The van der Waals surface area contributed by atoms with Gasteiger partial charge < -0.3 is 5.32 Å². The molecule has 1 saturated heterocycles. The SMILES string of the molecule is C/C=C\C=C1/CN=C2CN3CCN(C4CCC(c5ccccc5)CC4)CN3C(=O)C(C(C)C)N=C1N2. The molecule has 2 fully saturated rings. The summed E-state index contributed by atoms with van der Waals surface area (Å²) in [7, 11) is 0. The van der Waals surface area contributed by atoms with Crippen molar-refractivity contribution < 1.29 is 4.79 Å². The Hall–Kier alpha value is -2.77. The topological polar surface area (TPSA) is 63.5 Å². The molecule has 36 heavy (non-hydrogen) atoms. The molecule has 0 aromatic heterocycles. The molecule has 1 saturated carbocycles. The van der Waals surface area contributed by atoms with Gasteiger partial charge in [-0.3, -0.25) is 24.7 Å². The van der Waals surface area contributed by atoms with Crippen LogP contribution in [0.3, 0.4) is 0 Å². The van der Waals surface area contributed by atoms with E-state index in [9.17, 15) is 4.79 Å². The van der Waals surface area contributed by atoms with E-state index in [1.807, 2.05) is 30.2 Å². The van der Waals surface area contributed by atoms with Crippen LogP contribution in [-0.2, 0) is 4.79 Å². The molecule has 4 aliphatic rings. The van der Waals surface area contributed by atoms with Crippen molar-refractivity contribution in [2.24, 2.45) is 15.9 Å². The summed E-state index contributed by atoms with van der Waals surface area (Å²) in [6.07, 6.45) is 10.9. The summed E-state index contributed by atoms with van der Waals surface area (Å²) in [6.45, 7) is 9.83. The molecule has 1 N–H and O–H groups in total. The molecule has 1 unspecified atom stereocenters. The minimum absolute atomic E-state index is 0.0977. The molecular formula is C29H40N6O. The molecule has 5 rings (SSSR count). The highest BCUT2D eigenvalue weighted by Gasteiger charge is 2.39. The van der Waals surface area contributed by atoms with Crippen LogP contribution < -0.4 is 5.32 Å². The predicted molar refractivity (Wildman–Crippen MR) is 146 cm³/mol. The number of fused-ring (bicyclic) bond motifs is 3. The summed E-state index contributed by atoms with van der Waals surface area (Å²) >= 11 is 0. The number of nitrogens with one attached hydrogen (secondary N) is 1. The maximum Gasteiger partial charge on any atom is 0.263 e. The predicted octanol–water partition coefficient (Wildman–Crippen LogP) is 3.97. The van der Waals surface area contributed by atoms with Gasteiger partial charge in [0.1, 0.15) is 17.7 Å². The van der Waals surface area contributed by atoms with E-state index in [4.69, 9.17) is 9.98 Å². The fourth-order valence-corrected chi connectivity index (χ4v) is 5.88. The molecule has 3 aliphatic heterocycles. The van der Waals surface area contributed by atoms with E-state index in [0.717, 1.165) is 30.3 Å². The zero-order chi connectivity index (χ0) is 25.1. The largest absolute Gasteiger partial charge is 0.328 e. The van der Waals surface area contributed by atoms with Crippen LogP contribution in [0.5, 0.6) is 0 Å². The third kappa shape index (κ3) is 5.32. The maximum absolute atomic E-state index is 14.0. The number of hydrogen-bond acceptors (Lipinski definition) is 6. The Morgan fingerprint density at radius 2 is 1.86 bits per heavy atom. The number of allylic oxidation sites excluding steroid dienone is 3. The Kier molecular flexibility index (Phi) is 7.67. The second-order valence-corrected chi connectivity index (χ2v) is 10.8. The summed E-state index contributed by atoms with van der Waals surface area (Å²) in [5.74, 6) is 2.55. The minimum Gasteiger partial charge on any atom is -0.328 e. The summed E-state index contributed by atoms with van der Waals surface area (Å²) in [4.78, 5) is 26.3. The molecule has 0 spiro atoms. The van der Waals surface area contributed by atoms with Crippen LogP contribution in [0.2, 0.25) is 0 Å². The third-order valence-corrected chi connectivity index (χ3v) is 8.02. The summed E-state index contributed by atoms with van der Waals surface area (Å²) < 4.78 is 0. The zero-order valence-electron chi connectivity index (χ0n) is 21.9. The number of hydrogen-bond donors (Lipinski definition) is 1. The molecule has 192 valence electrons. The second kappa shape index (κ2) is 11.1. The maximum atomic E-state index is 14.0. The number of amides is 1. The van der Waals surface area contributed by atoms with Gasteiger partial charge in [0.25, 0.3) is 5.91 Å². The standard InChI is InChI=1S/C29H40N6O/c1-4-5-9-24-18-30-26-19-34-17-16-33(20-35(34)29(36)27(21(2)3)32-28(24)31-26)25-14-12-23(13-15-25)22-10-7-6-8-11-22/h4-11,21,23,25,27H,12-20H2,1-3H3,(H,30,31,32)/b5-4-,24-9+. The lowest BCUT2D eigenvalue weighted by molar-refractivity contribution is -0.167. The van der Waals surface area contributed by atoms with Gasteiger partial charge in [-0.05, 0) is 50.0 Å². The Bertz CT molecular complexity index is 1050. The van der Waals surface area contributed by atoms with Gasteiger partial charge in [-0.15, -0.1) is 0 Å². The van der Waals surface area contributed by atoms with Crippen molar-refractivity contribution in [3.63, 3.8) is 0 Å². The summed E-state index contributed by atoms with van der Waals surface area (Å²) in [6, 6.07) is 11.0. The van der Waals surface area contributed by atoms with E-state index in [1.54, 1.807) is 0 Å². The van der Waals surface area contributed by atoms with E-state index in [2.05, 4.69) is 59.4 Å². The van der Waals surface area contributed by atoms with Crippen molar-refractivity contribution in [2.45, 2.75) is 64.5 Å². The molecule has 1 amide bonds. The lowest BCUT2D eigenvalue weighted by atomic mass is 9.81. The van der Waals surface area contributed by atoms with E-state index >= 15 is 0 Å². The number of rotatable bonds is 4. The van der Waals surface area contributed by atoms with Crippen LogP contribution in [0.15, 0.2) is 64.1 Å². The number of carbonyl (C=O) groups excluding carboxylic acids is 1. The lowest BCUT2D eigenvalue weighted by Gasteiger charge is -2.48. The van der Waals surface area contributed by atoms with E-state index in [0.29, 0.717) is 31.7 Å². The van der Waals surface area contributed by atoms with Crippen molar-refractivity contribution in [1.29, 1.82) is 0 Å². The van der Waals surface area contributed by atoms with Crippen molar-refractivity contribution >= 4 is 17.6 Å². The third-order valence-electron chi connectivity index (χ3n) is 8.02. The average Bonchev–Trinajstić information content (AvgIpc) is 2.95. The first-order chi connectivity index (χ1) is 17.5. The number of aliphatic imine (C=N–C) groups is 2. The highest BCUT2D eigenvalue weighted by Crippen LogP contribution is 2.35. The van der Waals surface area contributed by atoms with Gasteiger partial charge in [-0.25, -0.2) is 5.01 Å². The van der Waals surface area contributed by atoms with Gasteiger partial charge in [0, 0.05) is 24.7 Å². The average molecular weight is 489 g/mol. The summed E-state index contributed by atoms with van der Waals surface area (Å²) in [5, 5.41) is 7.61. The molecule has 2 bridgehead atoms. The van der Waals surface area contributed by atoms with Crippen molar-refractivity contribution in [3.05, 3.63) is 59.7 Å². The quantitative estimate of drug-likeness (QED) is 0.697. The minimum atomic E-state index is -0.421. The Balaban J connectivity index is 1.33. The molecule has 1 atom stereocenters. The van der Waals surface area contributed by atoms with Crippen molar-refractivity contribution in [3.8, 4) is 0 Å². The first kappa shape index (κ1) is 24.9. The number of benzene rings is 1. The number of amidine groups is 2. The molecular weight excluding hydrogens is 448 g/mol. The first-order valence-electron chi connectivity index (χ1n) is 13.6. The Morgan fingerprint density at radius 3 is 2.58 bits per heavy atom. The van der Waals surface area contributed by atoms with Crippen LogP contribution in [-0.4, -0.2) is 77.4 Å². The number of hydrazine groups is 1. The normalized spacial score (nSPS) is 29.3. The van der Waals surface area contributed by atoms with Crippen LogP contribution in [0.25, 0.3) is 0 Å². The lowest BCUT2D eigenvalue weighted by Crippen LogP contribution is -2.63. The van der Waals surface area contributed by atoms with Gasteiger partial charge >= 0.3 is 0 Å². The highest BCUT2D eigenvalue weighted by molar-refractivity contribution is 6.13. The van der Waals surface area contributed by atoms with Gasteiger partial charge in [0.15, 0.2) is 0 Å². The molecule has 1 aliphatic carbocycles. The summed E-state index contributed by atoms with van der Waals surface area (Å²) in [5.41, 5.74) is 2.50. The highest BCUT2D eigenvalue weighted by atomic mass is 16.2. The van der Waals surface area contributed by atoms with Gasteiger partial charge in [0.05, 0.1) is 19.8 Å². The molecule has 0 radical (unpaired) electrons. The second-order valence-electron chi connectivity index (χ2n) is 10.8. The van der Waals surface area contributed by atoms with Crippen molar-refractivity contribution in [2.75, 3.05) is 32.8 Å². The monoisotopic (exact) mass is 488 g/mol. The molecule has 3 heterocycles. The zero-order valence-corrected chi connectivity index (χ0v) is 21.9. The van der Waals surface area contributed by atoms with Crippen LogP contribution in [0.1, 0.15) is 57.9 Å². The fourth-order valence-electron chi connectivity index (χ4n) is 5.88. The fraction of sp³-hybridized carbons (Fsp3) is 0.552. The van der Waals surface area contributed by atoms with Gasteiger partial charge in [-0.1, -0.05) is 62.4 Å². The first-order valence-corrected chi connectivity index (χ1v) is 13.6. The molecule has 7 heteroatoms. The van der Waals surface area contributed by atoms with E-state index < -0.39 is 6.04 Å². The number of nitrogens with zero attached hydrogens (tertiary/aromatic N) is 5. The van der Waals surface area contributed by atoms with Gasteiger partial charge in [-0.2, -0.15) is 0 Å². The Labute approximate surface area is 215 Å². The number of carbonyl (C=O) groups is 1.